The van der Waals surface area contributed by atoms with Crippen molar-refractivity contribution in [3.8, 4) is 0 Å². The van der Waals surface area contributed by atoms with E-state index >= 15 is 4.39 Å². The van der Waals surface area contributed by atoms with Gasteiger partial charge in [0.25, 0.3) is 0 Å². The molecule has 0 heterocycles. The number of carbonyl (C=O) groups is 2. The quantitative estimate of drug-likeness (QED) is 0.728. The first kappa shape index (κ1) is 20.3. The third-order valence-corrected chi connectivity index (χ3v) is 9.60. The van der Waals surface area contributed by atoms with Gasteiger partial charge in [-0.15, -0.1) is 0 Å². The summed E-state index contributed by atoms with van der Waals surface area (Å²) < 4.78 is 22.4. The van der Waals surface area contributed by atoms with E-state index in [1.807, 2.05) is 0 Å². The fourth-order valence-electron chi connectivity index (χ4n) is 8.08. The lowest BCUT2D eigenvalue weighted by Crippen LogP contribution is -2.63. The zero-order chi connectivity index (χ0) is 20.3. The number of ketones is 1. The van der Waals surface area contributed by atoms with Gasteiger partial charge in [-0.2, -0.15) is 0 Å². The van der Waals surface area contributed by atoms with Gasteiger partial charge in [-0.1, -0.05) is 13.8 Å². The maximum atomic E-state index is 16.9. The molecule has 158 valence electrons. The molecule has 0 amide bonds. The first-order valence-electron chi connectivity index (χ1n) is 11.2. The minimum atomic E-state index is -1.20. The molecule has 0 aliphatic heterocycles. The number of fused-ring (bicyclic) bond motifs is 5. The molecule has 4 nitrogen and oxygen atoms in total. The number of rotatable bonds is 3. The molecule has 0 radical (unpaired) electrons. The number of alkyl halides is 1. The summed E-state index contributed by atoms with van der Waals surface area (Å²) in [7, 11) is 0. The summed E-state index contributed by atoms with van der Waals surface area (Å²) in [6.45, 7) is 5.37. The summed E-state index contributed by atoms with van der Waals surface area (Å²) in [6.07, 6.45) is 7.03. The van der Waals surface area contributed by atoms with Crippen molar-refractivity contribution in [3.63, 3.8) is 0 Å². The van der Waals surface area contributed by atoms with Crippen LogP contribution in [0.25, 0.3) is 0 Å². The van der Waals surface area contributed by atoms with Crippen LogP contribution in [-0.2, 0) is 14.3 Å². The monoisotopic (exact) mass is 394 g/mol. The van der Waals surface area contributed by atoms with Crippen molar-refractivity contribution in [2.45, 2.75) is 90.3 Å². The Bertz CT molecular complexity index is 665. The van der Waals surface area contributed by atoms with Crippen molar-refractivity contribution in [2.75, 3.05) is 6.61 Å². The highest BCUT2D eigenvalue weighted by atomic mass is 19.1. The largest absolute Gasteiger partial charge is 0.463 e. The average molecular weight is 395 g/mol. The predicted octanol–water partition coefficient (Wildman–Crippen LogP) is 4.23. The van der Waals surface area contributed by atoms with Crippen molar-refractivity contribution in [2.24, 2.45) is 34.5 Å². The minimum absolute atomic E-state index is 0.00858. The fourth-order valence-corrected chi connectivity index (χ4v) is 8.08. The molecule has 4 fully saturated rings. The van der Waals surface area contributed by atoms with E-state index < -0.39 is 12.3 Å². The molecule has 0 spiro atoms. The van der Waals surface area contributed by atoms with Gasteiger partial charge in [0.15, 0.2) is 5.78 Å². The van der Waals surface area contributed by atoms with Crippen LogP contribution in [-0.4, -0.2) is 35.2 Å². The normalized spacial score (nSPS) is 50.2. The van der Waals surface area contributed by atoms with E-state index in [1.54, 1.807) is 0 Å². The van der Waals surface area contributed by atoms with Crippen molar-refractivity contribution in [1.29, 1.82) is 0 Å². The highest BCUT2D eigenvalue weighted by Crippen LogP contribution is 2.70. The zero-order valence-corrected chi connectivity index (χ0v) is 17.5. The second kappa shape index (κ2) is 6.78. The van der Waals surface area contributed by atoms with Gasteiger partial charge in [0.05, 0.1) is 0 Å². The van der Waals surface area contributed by atoms with Crippen molar-refractivity contribution >= 4 is 11.8 Å². The standard InChI is InChI=1S/C23H35FO4/c1-14(26)28-16-8-9-22(3)15(12-16)4-5-18-17-6-7-19(20(27)13-25)21(17,2)10-11-23(18,22)24/h15-19,25H,4-13H2,1-3H3/t15-,16+,17-,18-,19+,21-,22-,23+/m0/s1. The van der Waals surface area contributed by atoms with Crippen LogP contribution < -0.4 is 0 Å². The van der Waals surface area contributed by atoms with Crippen LogP contribution >= 0.6 is 0 Å². The molecule has 0 bridgehead atoms. The summed E-state index contributed by atoms with van der Waals surface area (Å²) in [5.41, 5.74) is -1.73. The summed E-state index contributed by atoms with van der Waals surface area (Å²) >= 11 is 0. The van der Waals surface area contributed by atoms with Gasteiger partial charge in [0, 0.05) is 18.3 Å². The van der Waals surface area contributed by atoms with Crippen molar-refractivity contribution < 1.29 is 23.8 Å². The molecule has 28 heavy (non-hydrogen) atoms. The van der Waals surface area contributed by atoms with E-state index in [0.29, 0.717) is 6.42 Å². The van der Waals surface area contributed by atoms with E-state index in [4.69, 9.17) is 4.74 Å². The number of hydrogen-bond acceptors (Lipinski definition) is 4. The highest BCUT2D eigenvalue weighted by Gasteiger charge is 2.68. The molecule has 0 saturated heterocycles. The van der Waals surface area contributed by atoms with Gasteiger partial charge in [0.1, 0.15) is 18.4 Å². The summed E-state index contributed by atoms with van der Waals surface area (Å²) in [5, 5.41) is 9.41. The third-order valence-electron chi connectivity index (χ3n) is 9.60. The molecular formula is C23H35FO4. The maximum Gasteiger partial charge on any atom is 0.302 e. The van der Waals surface area contributed by atoms with Crippen molar-refractivity contribution in [3.05, 3.63) is 0 Å². The number of aliphatic hydroxyl groups is 1. The molecule has 4 saturated carbocycles. The van der Waals surface area contributed by atoms with Gasteiger partial charge in [-0.25, -0.2) is 4.39 Å². The SMILES string of the molecule is CC(=O)O[C@@H]1CC[C@@]2(C)[C@@H](CC[C@H]3[C@@H]4CC[C@H](C(=O)CO)[C@@]4(C)CC[C@@]32F)C1. The number of halogens is 1. The Morgan fingerprint density at radius 2 is 1.75 bits per heavy atom. The third kappa shape index (κ3) is 2.71. The number of Topliss-reactive ketones (excluding diaryl/α,β-unsaturated/α-hetero) is 1. The van der Waals surface area contributed by atoms with Crippen LogP contribution in [0.1, 0.15) is 78.6 Å². The molecule has 4 rings (SSSR count). The number of aliphatic hydroxyl groups excluding tert-OH is 1. The van der Waals surface area contributed by atoms with Crippen LogP contribution in [0.15, 0.2) is 0 Å². The molecule has 0 aromatic carbocycles. The molecule has 0 unspecified atom stereocenters. The van der Waals surface area contributed by atoms with Crippen LogP contribution in [0.5, 0.6) is 0 Å². The molecule has 8 atom stereocenters. The molecule has 4 aliphatic rings. The van der Waals surface area contributed by atoms with Gasteiger partial charge in [-0.3, -0.25) is 9.59 Å². The first-order valence-corrected chi connectivity index (χ1v) is 11.2. The van der Waals surface area contributed by atoms with Crippen LogP contribution in [0, 0.1) is 34.5 Å². The fraction of sp³-hybridized carbons (Fsp3) is 0.913. The smallest absolute Gasteiger partial charge is 0.302 e. The molecular weight excluding hydrogens is 359 g/mol. The van der Waals surface area contributed by atoms with E-state index in [9.17, 15) is 14.7 Å². The number of ether oxygens (including phenoxy) is 1. The summed E-state index contributed by atoms with van der Waals surface area (Å²) in [5.74, 6) is 0.0872. The van der Waals surface area contributed by atoms with E-state index in [0.717, 1.165) is 51.4 Å². The number of carbonyl (C=O) groups excluding carboxylic acids is 2. The average Bonchev–Trinajstić information content (AvgIpc) is 2.99. The summed E-state index contributed by atoms with van der Waals surface area (Å²) in [4.78, 5) is 23.7. The van der Waals surface area contributed by atoms with Gasteiger partial charge in [0.2, 0.25) is 0 Å². The molecule has 1 N–H and O–H groups in total. The van der Waals surface area contributed by atoms with Gasteiger partial charge >= 0.3 is 5.97 Å². The molecule has 0 aromatic heterocycles. The Morgan fingerprint density at radius 3 is 2.43 bits per heavy atom. The Kier molecular flexibility index (Phi) is 4.92. The maximum absolute atomic E-state index is 16.9. The lowest BCUT2D eigenvalue weighted by atomic mass is 9.43. The van der Waals surface area contributed by atoms with Gasteiger partial charge < -0.3 is 9.84 Å². The van der Waals surface area contributed by atoms with Crippen LogP contribution in [0.2, 0.25) is 0 Å². The van der Waals surface area contributed by atoms with Crippen LogP contribution in [0.4, 0.5) is 4.39 Å². The highest BCUT2D eigenvalue weighted by molar-refractivity contribution is 5.83. The molecule has 5 heteroatoms. The lowest BCUT2D eigenvalue weighted by Gasteiger charge is -2.64. The molecule has 0 aromatic rings. The van der Waals surface area contributed by atoms with E-state index in [2.05, 4.69) is 13.8 Å². The zero-order valence-electron chi connectivity index (χ0n) is 17.5. The number of esters is 1. The molecule has 4 aliphatic carbocycles. The first-order chi connectivity index (χ1) is 13.2. The van der Waals surface area contributed by atoms with Gasteiger partial charge in [-0.05, 0) is 81.0 Å². The van der Waals surface area contributed by atoms with E-state index in [1.165, 1.54) is 6.92 Å². The second-order valence-corrected chi connectivity index (χ2v) is 10.5. The Labute approximate surface area is 167 Å². The topological polar surface area (TPSA) is 63.6 Å². The summed E-state index contributed by atoms with van der Waals surface area (Å²) in [6, 6.07) is 0. The second-order valence-electron chi connectivity index (χ2n) is 10.5. The Balaban J connectivity index is 1.59. The van der Waals surface area contributed by atoms with Crippen LogP contribution in [0.3, 0.4) is 0 Å². The minimum Gasteiger partial charge on any atom is -0.463 e. The Hall–Kier alpha value is -0.970. The Morgan fingerprint density at radius 1 is 1.04 bits per heavy atom. The van der Waals surface area contributed by atoms with E-state index in [-0.39, 0.29) is 52.4 Å². The lowest BCUT2D eigenvalue weighted by molar-refractivity contribution is -0.206. The predicted molar refractivity (Wildman–Crippen MR) is 103 cm³/mol. The number of hydrogen-bond donors (Lipinski definition) is 1. The van der Waals surface area contributed by atoms with Crippen molar-refractivity contribution in [1.82, 2.24) is 0 Å².